The molecule has 0 fully saturated rings. The van der Waals surface area contributed by atoms with Gasteiger partial charge < -0.3 is 4.57 Å². The summed E-state index contributed by atoms with van der Waals surface area (Å²) in [5.41, 5.74) is 1.15. The Kier molecular flexibility index (Phi) is 7.15. The summed E-state index contributed by atoms with van der Waals surface area (Å²) in [5, 5.41) is 11.2. The van der Waals surface area contributed by atoms with Gasteiger partial charge in [0, 0.05) is 12.1 Å². The fourth-order valence-corrected chi connectivity index (χ4v) is 6.68. The number of benzene rings is 3. The van der Waals surface area contributed by atoms with Crippen LogP contribution in [0.2, 0.25) is 5.15 Å². The average molecular weight is 557 g/mol. The Hall–Kier alpha value is -4.02. The van der Waals surface area contributed by atoms with Crippen molar-refractivity contribution >= 4 is 43.5 Å². The Morgan fingerprint density at radius 1 is 1.00 bits per heavy atom. The molecule has 2 N–H and O–H groups in total. The monoisotopic (exact) mass is 556 g/mol. The Bertz CT molecular complexity index is 1750. The first-order chi connectivity index (χ1) is 17.6. The van der Waals surface area contributed by atoms with Crippen molar-refractivity contribution in [1.29, 1.82) is 5.26 Å². The van der Waals surface area contributed by atoms with Gasteiger partial charge in [-0.15, -0.1) is 0 Å². The highest BCUT2D eigenvalue weighted by Crippen LogP contribution is 2.34. The van der Waals surface area contributed by atoms with Gasteiger partial charge in [-0.05, 0) is 29.8 Å². The molecule has 188 valence electrons. The fourth-order valence-electron chi connectivity index (χ4n) is 3.75. The van der Waals surface area contributed by atoms with Crippen LogP contribution in [0.5, 0.6) is 0 Å². The standard InChI is InChI=1S/C24H17ClN4O6S2/c25-23-20(14-30)29(24(28-23)17-5-2-1-3-6-17)13-16-9-11-18(12-10-16)36(31,32)22-19(27-15-26)7-4-8-21(22)37(33,34)35/h1-12,14,27H,13H2,(H,33,34,35). The summed E-state index contributed by atoms with van der Waals surface area (Å²) >= 11 is 6.17. The first-order valence-corrected chi connectivity index (χ1v) is 13.7. The molecule has 0 atom stereocenters. The second kappa shape index (κ2) is 10.2. The topological polar surface area (TPSA) is 159 Å². The highest BCUT2D eigenvalue weighted by molar-refractivity contribution is 7.93. The molecule has 1 heterocycles. The SMILES string of the molecule is N#CNc1cccc(S(=O)(=O)O)c1S(=O)(=O)c1ccc(Cn2c(-c3ccccc3)nc(Cl)c2C=O)cc1. The Labute approximate surface area is 217 Å². The number of anilines is 1. The molecular formula is C24H17ClN4O6S2. The number of aromatic nitrogens is 2. The van der Waals surface area contributed by atoms with Gasteiger partial charge in [0.25, 0.3) is 10.1 Å². The smallest absolute Gasteiger partial charge is 0.295 e. The van der Waals surface area contributed by atoms with Crippen molar-refractivity contribution in [3.8, 4) is 17.6 Å². The highest BCUT2D eigenvalue weighted by Gasteiger charge is 2.30. The first-order valence-electron chi connectivity index (χ1n) is 10.4. The van der Waals surface area contributed by atoms with Crippen LogP contribution in [0.3, 0.4) is 0 Å². The molecule has 0 spiro atoms. The van der Waals surface area contributed by atoms with E-state index in [1.165, 1.54) is 36.4 Å². The first kappa shape index (κ1) is 26.1. The van der Waals surface area contributed by atoms with Gasteiger partial charge in [0.15, 0.2) is 17.6 Å². The van der Waals surface area contributed by atoms with E-state index in [9.17, 15) is 26.2 Å². The molecule has 4 aromatic rings. The molecule has 0 aliphatic heterocycles. The van der Waals surface area contributed by atoms with Crippen LogP contribution >= 0.6 is 11.6 Å². The molecule has 37 heavy (non-hydrogen) atoms. The maximum absolute atomic E-state index is 13.4. The molecule has 0 aliphatic carbocycles. The number of carbonyl (C=O) groups is 1. The molecule has 3 aromatic carbocycles. The minimum absolute atomic E-state index is 0.0207. The number of rotatable bonds is 8. The van der Waals surface area contributed by atoms with Crippen LogP contribution in [0.25, 0.3) is 11.4 Å². The van der Waals surface area contributed by atoms with Gasteiger partial charge in [-0.25, -0.2) is 13.4 Å². The van der Waals surface area contributed by atoms with Gasteiger partial charge in [-0.3, -0.25) is 14.7 Å². The molecule has 10 nitrogen and oxygen atoms in total. The number of sulfone groups is 1. The number of nitrogens with one attached hydrogen (secondary N) is 1. The van der Waals surface area contributed by atoms with Crippen molar-refractivity contribution in [2.45, 2.75) is 21.2 Å². The van der Waals surface area contributed by atoms with Gasteiger partial charge in [0.2, 0.25) is 9.84 Å². The van der Waals surface area contributed by atoms with Crippen LogP contribution in [0, 0.1) is 11.5 Å². The normalized spacial score (nSPS) is 11.6. The predicted molar refractivity (Wildman–Crippen MR) is 135 cm³/mol. The molecule has 0 bridgehead atoms. The lowest BCUT2D eigenvalue weighted by Crippen LogP contribution is -2.12. The third-order valence-corrected chi connectivity index (χ3v) is 8.57. The molecule has 0 unspecified atom stereocenters. The van der Waals surface area contributed by atoms with E-state index in [1.807, 2.05) is 18.2 Å². The average Bonchev–Trinajstić information content (AvgIpc) is 3.19. The molecule has 4 rings (SSSR count). The van der Waals surface area contributed by atoms with Crippen LogP contribution in [-0.4, -0.2) is 37.2 Å². The number of aldehydes is 1. The summed E-state index contributed by atoms with van der Waals surface area (Å²) < 4.78 is 61.8. The zero-order valence-electron chi connectivity index (χ0n) is 18.7. The van der Waals surface area contributed by atoms with Crippen molar-refractivity contribution in [2.75, 3.05) is 5.32 Å². The quantitative estimate of drug-likeness (QED) is 0.141. The van der Waals surface area contributed by atoms with E-state index < -0.39 is 29.7 Å². The Morgan fingerprint density at radius 3 is 2.27 bits per heavy atom. The molecule has 0 radical (unpaired) electrons. The van der Waals surface area contributed by atoms with Gasteiger partial charge in [0.05, 0.1) is 10.6 Å². The fraction of sp³-hybridized carbons (Fsp3) is 0.0417. The second-order valence-electron chi connectivity index (χ2n) is 7.67. The Balaban J connectivity index is 1.76. The van der Waals surface area contributed by atoms with Crippen molar-refractivity contribution in [3.63, 3.8) is 0 Å². The minimum atomic E-state index is -4.94. The lowest BCUT2D eigenvalue weighted by atomic mass is 10.2. The number of nitrogens with zero attached hydrogens (tertiary/aromatic N) is 3. The van der Waals surface area contributed by atoms with E-state index in [-0.39, 0.29) is 28.0 Å². The van der Waals surface area contributed by atoms with Crippen molar-refractivity contribution in [1.82, 2.24) is 9.55 Å². The minimum Gasteiger partial charge on any atom is -0.316 e. The van der Waals surface area contributed by atoms with Crippen LogP contribution in [0.1, 0.15) is 16.1 Å². The van der Waals surface area contributed by atoms with E-state index in [1.54, 1.807) is 22.9 Å². The maximum Gasteiger partial charge on any atom is 0.295 e. The van der Waals surface area contributed by atoms with E-state index in [4.69, 9.17) is 16.9 Å². The molecule has 0 saturated heterocycles. The predicted octanol–water partition coefficient (Wildman–Crippen LogP) is 4.04. The molecule has 13 heteroatoms. The van der Waals surface area contributed by atoms with Gasteiger partial charge in [0.1, 0.15) is 21.3 Å². The summed E-state index contributed by atoms with van der Waals surface area (Å²) in [6.45, 7) is 0.126. The largest absolute Gasteiger partial charge is 0.316 e. The molecular weight excluding hydrogens is 540 g/mol. The summed E-state index contributed by atoms with van der Waals surface area (Å²) in [7, 11) is -9.44. The van der Waals surface area contributed by atoms with Crippen molar-refractivity contribution in [2.24, 2.45) is 0 Å². The van der Waals surface area contributed by atoms with Crippen molar-refractivity contribution in [3.05, 3.63) is 89.2 Å². The van der Waals surface area contributed by atoms with Gasteiger partial charge >= 0.3 is 0 Å². The molecule has 0 aliphatic rings. The van der Waals surface area contributed by atoms with E-state index in [0.29, 0.717) is 17.7 Å². The summed E-state index contributed by atoms with van der Waals surface area (Å²) in [6.07, 6.45) is 2.14. The number of nitriles is 1. The molecule has 0 saturated carbocycles. The lowest BCUT2D eigenvalue weighted by molar-refractivity contribution is 0.111. The number of hydrogen-bond donors (Lipinski definition) is 2. The Morgan fingerprint density at radius 2 is 1.68 bits per heavy atom. The second-order valence-corrected chi connectivity index (χ2v) is 11.3. The van der Waals surface area contributed by atoms with Gasteiger partial charge in [-0.1, -0.05) is 60.1 Å². The number of imidazole rings is 1. The highest BCUT2D eigenvalue weighted by atomic mass is 35.5. The summed E-state index contributed by atoms with van der Waals surface area (Å²) in [6, 6.07) is 17.8. The molecule has 0 amide bonds. The number of carbonyl (C=O) groups excluding carboxylic acids is 1. The zero-order chi connectivity index (χ0) is 26.8. The van der Waals surface area contributed by atoms with Crippen LogP contribution in [0.4, 0.5) is 5.69 Å². The van der Waals surface area contributed by atoms with Crippen LogP contribution < -0.4 is 5.32 Å². The third-order valence-electron chi connectivity index (χ3n) is 5.40. The van der Waals surface area contributed by atoms with Crippen LogP contribution in [-0.2, 0) is 26.5 Å². The summed E-state index contributed by atoms with van der Waals surface area (Å²) in [4.78, 5) is 14.1. The maximum atomic E-state index is 13.4. The number of halogens is 1. The zero-order valence-corrected chi connectivity index (χ0v) is 21.1. The molecule has 1 aromatic heterocycles. The number of hydrogen-bond acceptors (Lipinski definition) is 8. The third kappa shape index (κ3) is 5.11. The van der Waals surface area contributed by atoms with Crippen molar-refractivity contribution < 1.29 is 26.2 Å². The van der Waals surface area contributed by atoms with E-state index in [2.05, 4.69) is 10.3 Å². The van der Waals surface area contributed by atoms with E-state index >= 15 is 0 Å². The van der Waals surface area contributed by atoms with Crippen LogP contribution in [0.15, 0.2) is 87.5 Å². The summed E-state index contributed by atoms with van der Waals surface area (Å²) in [5.74, 6) is 0.443. The van der Waals surface area contributed by atoms with E-state index in [0.717, 1.165) is 11.6 Å². The van der Waals surface area contributed by atoms with Gasteiger partial charge in [-0.2, -0.15) is 13.7 Å². The lowest BCUT2D eigenvalue weighted by Gasteiger charge is -2.14.